The number of para-hydroxylation sites is 1. The first-order valence-electron chi connectivity index (χ1n) is 9.87. The SMILES string of the molecule is Nc1ncnc2c1c(-c1ccc(Oc3ccccc3)cc1)nn2N1CCCCC1. The molecule has 7 nitrogen and oxygen atoms in total. The minimum Gasteiger partial charge on any atom is -0.457 e. The van der Waals surface area contributed by atoms with Gasteiger partial charge < -0.3 is 10.5 Å². The first-order valence-corrected chi connectivity index (χ1v) is 9.87. The predicted molar refractivity (Wildman–Crippen MR) is 113 cm³/mol. The Kier molecular flexibility index (Phi) is 4.48. The molecule has 1 aliphatic rings. The van der Waals surface area contributed by atoms with E-state index in [0.717, 1.165) is 59.7 Å². The summed E-state index contributed by atoms with van der Waals surface area (Å²) in [5.74, 6) is 2.01. The fraction of sp³-hybridized carbons (Fsp3) is 0.227. The van der Waals surface area contributed by atoms with Crippen LogP contribution in [0.25, 0.3) is 22.3 Å². The number of anilines is 1. The number of nitrogens with zero attached hydrogens (tertiary/aromatic N) is 5. The zero-order valence-corrected chi connectivity index (χ0v) is 16.0. The van der Waals surface area contributed by atoms with Crippen molar-refractivity contribution in [2.75, 3.05) is 23.8 Å². The first kappa shape index (κ1) is 17.5. The van der Waals surface area contributed by atoms with Crippen LogP contribution in [0, 0.1) is 0 Å². The van der Waals surface area contributed by atoms with E-state index in [-0.39, 0.29) is 0 Å². The third-order valence-electron chi connectivity index (χ3n) is 5.18. The third kappa shape index (κ3) is 3.35. The van der Waals surface area contributed by atoms with Gasteiger partial charge >= 0.3 is 0 Å². The van der Waals surface area contributed by atoms with Gasteiger partial charge in [0.2, 0.25) is 0 Å². The number of piperidine rings is 1. The van der Waals surface area contributed by atoms with E-state index in [4.69, 9.17) is 15.6 Å². The number of benzene rings is 2. The monoisotopic (exact) mass is 386 g/mol. The molecule has 0 radical (unpaired) electrons. The Morgan fingerprint density at radius 2 is 1.55 bits per heavy atom. The molecule has 0 amide bonds. The smallest absolute Gasteiger partial charge is 0.186 e. The zero-order valence-electron chi connectivity index (χ0n) is 16.0. The summed E-state index contributed by atoms with van der Waals surface area (Å²) in [6, 6.07) is 17.6. The lowest BCUT2D eigenvalue weighted by Gasteiger charge is -2.28. The van der Waals surface area contributed by atoms with Gasteiger partial charge in [0.1, 0.15) is 29.3 Å². The van der Waals surface area contributed by atoms with Crippen molar-refractivity contribution in [2.24, 2.45) is 0 Å². The normalized spacial score (nSPS) is 14.3. The van der Waals surface area contributed by atoms with Crippen molar-refractivity contribution in [1.82, 2.24) is 19.9 Å². The van der Waals surface area contributed by atoms with Crippen LogP contribution < -0.4 is 15.5 Å². The number of rotatable bonds is 4. The lowest BCUT2D eigenvalue weighted by molar-refractivity contribution is 0.457. The second kappa shape index (κ2) is 7.43. The highest BCUT2D eigenvalue weighted by molar-refractivity contribution is 5.98. The van der Waals surface area contributed by atoms with Crippen molar-refractivity contribution >= 4 is 16.9 Å². The van der Waals surface area contributed by atoms with E-state index in [1.165, 1.54) is 12.7 Å². The standard InChI is InChI=1S/C22H22N6O/c23-21-19-20(16-9-11-18(12-10-16)29-17-7-3-1-4-8-17)26-28(22(19)25-15-24-21)27-13-5-2-6-14-27/h1,3-4,7-12,15H,2,5-6,13-14H2,(H2,23,24,25). The maximum Gasteiger partial charge on any atom is 0.186 e. The van der Waals surface area contributed by atoms with Gasteiger partial charge in [-0.1, -0.05) is 18.2 Å². The van der Waals surface area contributed by atoms with Crippen LogP contribution in [0.4, 0.5) is 5.82 Å². The van der Waals surface area contributed by atoms with E-state index in [1.807, 2.05) is 59.4 Å². The van der Waals surface area contributed by atoms with Crippen LogP contribution in [0.15, 0.2) is 60.9 Å². The van der Waals surface area contributed by atoms with Gasteiger partial charge in [-0.15, -0.1) is 5.10 Å². The number of ether oxygens (including phenoxy) is 1. The highest BCUT2D eigenvalue weighted by Gasteiger charge is 2.21. The Labute approximate surface area is 168 Å². The summed E-state index contributed by atoms with van der Waals surface area (Å²) in [5, 5.41) is 7.89. The van der Waals surface area contributed by atoms with Gasteiger partial charge in [-0.3, -0.25) is 5.01 Å². The Hall–Kier alpha value is -3.61. The van der Waals surface area contributed by atoms with Crippen molar-refractivity contribution in [3.8, 4) is 22.8 Å². The van der Waals surface area contributed by atoms with Crippen molar-refractivity contribution in [1.29, 1.82) is 0 Å². The second-order valence-corrected chi connectivity index (χ2v) is 7.15. The molecule has 2 aromatic heterocycles. The summed E-state index contributed by atoms with van der Waals surface area (Å²) in [5.41, 5.74) is 8.71. The van der Waals surface area contributed by atoms with Crippen LogP contribution in [0.5, 0.6) is 11.5 Å². The van der Waals surface area contributed by atoms with Gasteiger partial charge in [-0.25, -0.2) is 9.97 Å². The van der Waals surface area contributed by atoms with Crippen LogP contribution in [0.1, 0.15) is 19.3 Å². The Morgan fingerprint density at radius 3 is 2.31 bits per heavy atom. The molecule has 0 unspecified atom stereocenters. The molecule has 2 N–H and O–H groups in total. The van der Waals surface area contributed by atoms with Crippen LogP contribution in [0.3, 0.4) is 0 Å². The van der Waals surface area contributed by atoms with Gasteiger partial charge in [0.15, 0.2) is 5.65 Å². The Balaban J connectivity index is 1.52. The average Bonchev–Trinajstić information content (AvgIpc) is 3.17. The van der Waals surface area contributed by atoms with Crippen molar-refractivity contribution in [3.05, 3.63) is 60.9 Å². The lowest BCUT2D eigenvalue weighted by atomic mass is 10.1. The molecule has 0 aliphatic carbocycles. The van der Waals surface area contributed by atoms with E-state index in [0.29, 0.717) is 5.82 Å². The minimum absolute atomic E-state index is 0.442. The van der Waals surface area contributed by atoms with Gasteiger partial charge in [-0.2, -0.15) is 4.79 Å². The molecule has 1 aliphatic heterocycles. The summed E-state index contributed by atoms with van der Waals surface area (Å²) >= 11 is 0. The molecule has 7 heteroatoms. The largest absolute Gasteiger partial charge is 0.457 e. The number of hydrogen-bond acceptors (Lipinski definition) is 6. The highest BCUT2D eigenvalue weighted by Crippen LogP contribution is 2.32. The van der Waals surface area contributed by atoms with Crippen LogP contribution in [-0.2, 0) is 0 Å². The fourth-order valence-electron chi connectivity index (χ4n) is 3.73. The summed E-state index contributed by atoms with van der Waals surface area (Å²) < 4.78 is 5.90. The molecule has 2 aromatic carbocycles. The molecule has 0 bridgehead atoms. The molecule has 0 saturated carbocycles. The summed E-state index contributed by atoms with van der Waals surface area (Å²) in [4.78, 5) is 10.6. The first-order chi connectivity index (χ1) is 14.3. The number of nitrogens with two attached hydrogens (primary N) is 1. The second-order valence-electron chi connectivity index (χ2n) is 7.15. The molecule has 146 valence electrons. The molecule has 3 heterocycles. The lowest BCUT2D eigenvalue weighted by Crippen LogP contribution is -2.40. The van der Waals surface area contributed by atoms with Gasteiger partial charge in [0, 0.05) is 18.7 Å². The van der Waals surface area contributed by atoms with Crippen LogP contribution in [-0.4, -0.2) is 32.9 Å². The Morgan fingerprint density at radius 1 is 0.828 bits per heavy atom. The molecule has 1 fully saturated rings. The quantitative estimate of drug-likeness (QED) is 0.571. The van der Waals surface area contributed by atoms with Gasteiger partial charge in [0.05, 0.1) is 5.39 Å². The number of nitrogen functional groups attached to an aromatic ring is 1. The van der Waals surface area contributed by atoms with Crippen molar-refractivity contribution in [3.63, 3.8) is 0 Å². The highest BCUT2D eigenvalue weighted by atomic mass is 16.5. The maximum atomic E-state index is 6.22. The van der Waals surface area contributed by atoms with Crippen LogP contribution >= 0.6 is 0 Å². The summed E-state index contributed by atoms with van der Waals surface area (Å²) in [6.07, 6.45) is 5.06. The maximum absolute atomic E-state index is 6.22. The van der Waals surface area contributed by atoms with E-state index < -0.39 is 0 Å². The van der Waals surface area contributed by atoms with E-state index in [2.05, 4.69) is 15.0 Å². The molecular formula is C22H22N6O. The molecule has 4 aromatic rings. The average molecular weight is 386 g/mol. The number of fused-ring (bicyclic) bond motifs is 1. The summed E-state index contributed by atoms with van der Waals surface area (Å²) in [6.45, 7) is 1.92. The van der Waals surface area contributed by atoms with E-state index in [9.17, 15) is 0 Å². The Bertz CT molecular complexity index is 1120. The third-order valence-corrected chi connectivity index (χ3v) is 5.18. The van der Waals surface area contributed by atoms with Gasteiger partial charge in [-0.05, 0) is 55.7 Å². The molecule has 5 rings (SSSR count). The number of hydrogen-bond donors (Lipinski definition) is 1. The van der Waals surface area contributed by atoms with Crippen molar-refractivity contribution in [2.45, 2.75) is 19.3 Å². The summed E-state index contributed by atoms with van der Waals surface area (Å²) in [7, 11) is 0. The molecular weight excluding hydrogens is 364 g/mol. The van der Waals surface area contributed by atoms with Crippen LogP contribution in [0.2, 0.25) is 0 Å². The molecule has 1 saturated heterocycles. The predicted octanol–water partition coefficient (Wildman–Crippen LogP) is 3.99. The minimum atomic E-state index is 0.442. The van der Waals surface area contributed by atoms with Crippen molar-refractivity contribution < 1.29 is 4.74 Å². The fourth-order valence-corrected chi connectivity index (χ4v) is 3.73. The van der Waals surface area contributed by atoms with E-state index in [1.54, 1.807) is 0 Å². The van der Waals surface area contributed by atoms with E-state index >= 15 is 0 Å². The van der Waals surface area contributed by atoms with Gasteiger partial charge in [0.25, 0.3) is 0 Å². The molecule has 0 atom stereocenters. The number of aromatic nitrogens is 4. The topological polar surface area (TPSA) is 82.1 Å². The molecule has 0 spiro atoms. The zero-order chi connectivity index (χ0) is 19.6. The molecule has 29 heavy (non-hydrogen) atoms.